The summed E-state index contributed by atoms with van der Waals surface area (Å²) < 4.78 is 6.40. The Kier molecular flexibility index (Phi) is 7.77. The molecule has 0 radical (unpaired) electrons. The number of fused-ring (bicyclic) bond motifs is 2. The summed E-state index contributed by atoms with van der Waals surface area (Å²) in [5, 5.41) is 25.4. The first-order chi connectivity index (χ1) is 18.3. The van der Waals surface area contributed by atoms with Crippen LogP contribution in [0, 0.1) is 11.8 Å². The van der Waals surface area contributed by atoms with E-state index in [0.717, 1.165) is 27.8 Å². The molecule has 4 aromatic rings. The molecular formula is C27H27BrN4O4S3. The van der Waals surface area contributed by atoms with Gasteiger partial charge in [0.1, 0.15) is 12.7 Å². The molecular weight excluding hydrogens is 620 g/mol. The number of imidazole rings is 1. The first-order valence-corrected chi connectivity index (χ1v) is 15.3. The molecule has 0 bridgehead atoms. The van der Waals surface area contributed by atoms with Gasteiger partial charge in [-0.3, -0.25) is 4.79 Å². The molecule has 2 aliphatic rings. The summed E-state index contributed by atoms with van der Waals surface area (Å²) >= 11 is 4.85. The van der Waals surface area contributed by atoms with Gasteiger partial charge in [-0.1, -0.05) is 65.6 Å². The van der Waals surface area contributed by atoms with Gasteiger partial charge in [0, 0.05) is 17.1 Å². The van der Waals surface area contributed by atoms with Gasteiger partial charge in [0.25, 0.3) is 6.33 Å². The number of aliphatic hydroxyl groups excluding tert-OH is 1. The Hall–Kier alpha value is -2.51. The smallest absolute Gasteiger partial charge is 0.250 e. The van der Waals surface area contributed by atoms with E-state index in [2.05, 4.69) is 50.5 Å². The second kappa shape index (κ2) is 10.8. The van der Waals surface area contributed by atoms with Crippen molar-refractivity contribution in [2.45, 2.75) is 44.1 Å². The number of thiazole rings is 2. The zero-order valence-corrected chi connectivity index (χ0v) is 25.5. The monoisotopic (exact) mass is 646 g/mol. The summed E-state index contributed by atoms with van der Waals surface area (Å²) in [6.45, 7) is 5.08. The van der Waals surface area contributed by atoms with Gasteiger partial charge in [-0.2, -0.15) is 8.97 Å². The Balaban J connectivity index is 0.00000308. The largest absolute Gasteiger partial charge is 1.00 e. The molecule has 1 N–H and O–H groups in total. The third-order valence-electron chi connectivity index (χ3n) is 7.50. The summed E-state index contributed by atoms with van der Waals surface area (Å²) in [4.78, 5) is 28.0. The van der Waals surface area contributed by atoms with Crippen molar-refractivity contribution in [1.82, 2.24) is 9.30 Å². The molecule has 0 spiro atoms. The van der Waals surface area contributed by atoms with Crippen molar-refractivity contribution in [1.29, 1.82) is 0 Å². The maximum atomic E-state index is 12.7. The number of carboxylic acids is 1. The van der Waals surface area contributed by atoms with E-state index in [4.69, 9.17) is 0 Å². The van der Waals surface area contributed by atoms with Crippen LogP contribution in [0.4, 0.5) is 0 Å². The number of aromatic nitrogens is 3. The molecule has 0 unspecified atom stereocenters. The van der Waals surface area contributed by atoms with Gasteiger partial charge >= 0.3 is 0 Å². The van der Waals surface area contributed by atoms with Crippen LogP contribution in [0.15, 0.2) is 64.6 Å². The standard InChI is InChI=1S/C27H27N4O4S3.BrH/c1-15-20(23(27(34)35)31-22(15)21(16(2)32)24(31)33)19-12-30-13-29(25(36-3)26(30)38-19)11-18-6-4-17(5-7-18)10-28-8-9-37-14-28;/h4-9,12-16,21-22,32H,10-11H2,1-3H3;1H/q+1;/p-1/t15-,16+,21+,22+;/m0./s1. The summed E-state index contributed by atoms with van der Waals surface area (Å²) in [5.41, 5.74) is 5.09. The number of amides is 1. The molecule has 3 aromatic heterocycles. The van der Waals surface area contributed by atoms with Crippen molar-refractivity contribution in [2.24, 2.45) is 11.8 Å². The Bertz CT molecular complexity index is 1580. The minimum atomic E-state index is -1.36. The van der Waals surface area contributed by atoms with Crippen LogP contribution in [0.3, 0.4) is 0 Å². The Morgan fingerprint density at radius 3 is 2.51 bits per heavy atom. The van der Waals surface area contributed by atoms with E-state index in [1.54, 1.807) is 30.0 Å². The Morgan fingerprint density at radius 2 is 1.92 bits per heavy atom. The molecule has 1 aromatic carbocycles. The molecule has 6 rings (SSSR count). The number of carbonyl (C=O) groups excluding carboxylic acids is 2. The topological polar surface area (TPSA) is 92.8 Å². The van der Waals surface area contributed by atoms with Crippen LogP contribution in [0.5, 0.6) is 0 Å². The molecule has 1 saturated heterocycles. The number of benzene rings is 1. The molecule has 4 atom stereocenters. The number of aliphatic hydroxyl groups is 1. The van der Waals surface area contributed by atoms with E-state index in [9.17, 15) is 19.8 Å². The molecule has 8 nitrogen and oxygen atoms in total. The van der Waals surface area contributed by atoms with Gasteiger partial charge < -0.3 is 36.9 Å². The van der Waals surface area contributed by atoms with Crippen LogP contribution in [-0.4, -0.2) is 44.7 Å². The van der Waals surface area contributed by atoms with Gasteiger partial charge in [0.05, 0.1) is 40.0 Å². The summed E-state index contributed by atoms with van der Waals surface area (Å²) in [5.74, 6) is -2.52. The van der Waals surface area contributed by atoms with Crippen LogP contribution < -0.4 is 31.2 Å². The lowest BCUT2D eigenvalue weighted by molar-refractivity contribution is -0.721. The van der Waals surface area contributed by atoms with Crippen molar-refractivity contribution in [2.75, 3.05) is 6.26 Å². The number of halogens is 1. The van der Waals surface area contributed by atoms with Gasteiger partial charge in [0.15, 0.2) is 12.7 Å². The quantitative estimate of drug-likeness (QED) is 0.147. The van der Waals surface area contributed by atoms with Crippen molar-refractivity contribution >= 4 is 56.7 Å². The summed E-state index contributed by atoms with van der Waals surface area (Å²) in [6, 6.07) is 8.28. The van der Waals surface area contributed by atoms with Crippen LogP contribution in [0.1, 0.15) is 29.9 Å². The third kappa shape index (κ3) is 4.65. The molecule has 1 fully saturated rings. The van der Waals surface area contributed by atoms with Crippen LogP contribution in [0.2, 0.25) is 0 Å². The fourth-order valence-corrected chi connectivity index (χ4v) is 8.54. The molecule has 0 saturated carbocycles. The Labute approximate surface area is 248 Å². The number of thioether (sulfide) groups is 1. The number of rotatable bonds is 8. The second-order valence-corrected chi connectivity index (χ2v) is 12.5. The highest BCUT2D eigenvalue weighted by atomic mass is 79.9. The maximum Gasteiger partial charge on any atom is 0.250 e. The number of aliphatic carboxylic acids is 1. The number of hydrogen-bond donors (Lipinski definition) is 1. The lowest BCUT2D eigenvalue weighted by Crippen LogP contribution is -3.00. The SMILES string of the molecule is CSc1c2sc(C3=C(C(=O)[O-])N4C(=O)[C@H]([C@@H](C)O)[C@H]4[C@H]3C)cn2c[n+]1Cc1ccc(C[n+]2ccsc2)cc1.[Br-]. The minimum absolute atomic E-state index is 0. The second-order valence-electron chi connectivity index (χ2n) is 9.88. The fraction of sp³-hybridized carbons (Fsp3) is 0.333. The van der Waals surface area contributed by atoms with Crippen molar-refractivity contribution in [3.8, 4) is 0 Å². The predicted octanol–water partition coefficient (Wildman–Crippen LogP) is -1.22. The maximum absolute atomic E-state index is 12.7. The highest BCUT2D eigenvalue weighted by molar-refractivity contribution is 7.98. The van der Waals surface area contributed by atoms with Crippen molar-refractivity contribution in [3.63, 3.8) is 0 Å². The average Bonchev–Trinajstić information content (AvgIpc) is 3.63. The Morgan fingerprint density at radius 1 is 1.23 bits per heavy atom. The highest BCUT2D eigenvalue weighted by Gasteiger charge is 2.59. The highest BCUT2D eigenvalue weighted by Crippen LogP contribution is 2.51. The van der Waals surface area contributed by atoms with E-state index in [1.807, 2.05) is 30.1 Å². The van der Waals surface area contributed by atoms with Crippen LogP contribution in [-0.2, 0) is 22.7 Å². The van der Waals surface area contributed by atoms with Crippen LogP contribution >= 0.6 is 34.4 Å². The van der Waals surface area contributed by atoms with E-state index < -0.39 is 18.0 Å². The van der Waals surface area contributed by atoms with Gasteiger partial charge in [-0.15, -0.1) is 0 Å². The van der Waals surface area contributed by atoms with Gasteiger partial charge in [-0.25, -0.2) is 4.57 Å². The fourth-order valence-electron chi connectivity index (χ4n) is 5.77. The number of hydrogen-bond acceptors (Lipinski definition) is 7. The van der Waals surface area contributed by atoms with Crippen molar-refractivity contribution in [3.05, 3.63) is 75.6 Å². The van der Waals surface area contributed by atoms with E-state index >= 15 is 0 Å². The van der Waals surface area contributed by atoms with E-state index in [1.165, 1.54) is 27.4 Å². The van der Waals surface area contributed by atoms with Crippen molar-refractivity contribution < 1.29 is 45.9 Å². The number of carbonyl (C=O) groups is 2. The molecule has 12 heteroatoms. The van der Waals surface area contributed by atoms with E-state index in [0.29, 0.717) is 5.57 Å². The molecule has 204 valence electrons. The van der Waals surface area contributed by atoms with Gasteiger partial charge in [-0.05, 0) is 18.7 Å². The zero-order chi connectivity index (χ0) is 26.7. The summed E-state index contributed by atoms with van der Waals surface area (Å²) in [6.07, 6.45) is 7.26. The lowest BCUT2D eigenvalue weighted by atomic mass is 9.77. The molecule has 0 aliphatic carbocycles. The molecule has 1 amide bonds. The van der Waals surface area contributed by atoms with E-state index in [-0.39, 0.29) is 40.5 Å². The van der Waals surface area contributed by atoms with Crippen LogP contribution in [0.25, 0.3) is 10.4 Å². The van der Waals surface area contributed by atoms with Gasteiger partial charge in [0.2, 0.25) is 21.3 Å². The number of β-lactam (4-membered cyclic amide) rings is 1. The number of carboxylic acid groups (broad SMARTS) is 1. The third-order valence-corrected chi connectivity index (χ3v) is 10.3. The molecule has 39 heavy (non-hydrogen) atoms. The predicted molar refractivity (Wildman–Crippen MR) is 143 cm³/mol. The number of nitrogens with zero attached hydrogens (tertiary/aromatic N) is 4. The molecule has 5 heterocycles. The summed E-state index contributed by atoms with van der Waals surface area (Å²) in [7, 11) is 0. The first kappa shape index (κ1) is 28.0. The first-order valence-electron chi connectivity index (χ1n) is 12.3. The zero-order valence-electron chi connectivity index (χ0n) is 21.5. The normalized spacial score (nSPS) is 21.2. The lowest BCUT2D eigenvalue weighted by Gasteiger charge is -2.47. The average molecular weight is 648 g/mol. The molecule has 2 aliphatic heterocycles. The minimum Gasteiger partial charge on any atom is -1.00 e.